The van der Waals surface area contributed by atoms with E-state index in [2.05, 4.69) is 0 Å². The van der Waals surface area contributed by atoms with Crippen LogP contribution in [-0.4, -0.2) is 16.2 Å². The van der Waals surface area contributed by atoms with E-state index in [0.717, 1.165) is 12.1 Å². The largest absolute Gasteiger partial charge is 0.479 e. The lowest BCUT2D eigenvalue weighted by Crippen LogP contribution is -2.10. The topological polar surface area (TPSA) is 57.5 Å². The lowest BCUT2D eigenvalue weighted by molar-refractivity contribution is -0.146. The highest BCUT2D eigenvalue weighted by Crippen LogP contribution is 2.20. The summed E-state index contributed by atoms with van der Waals surface area (Å²) in [7, 11) is 0. The lowest BCUT2D eigenvalue weighted by atomic mass is 10.1. The van der Waals surface area contributed by atoms with E-state index in [0.29, 0.717) is 0 Å². The van der Waals surface area contributed by atoms with Crippen LogP contribution >= 0.6 is 11.6 Å². The fourth-order valence-electron chi connectivity index (χ4n) is 0.825. The molecule has 0 amide bonds. The Labute approximate surface area is 78.4 Å². The van der Waals surface area contributed by atoms with E-state index in [1.54, 1.807) is 0 Å². The first-order valence-corrected chi connectivity index (χ1v) is 3.76. The number of aliphatic hydroxyl groups excluding tert-OH is 1. The van der Waals surface area contributed by atoms with Crippen molar-refractivity contribution >= 4 is 17.6 Å². The summed E-state index contributed by atoms with van der Waals surface area (Å²) in [5.41, 5.74) is 0.0545. The van der Waals surface area contributed by atoms with Gasteiger partial charge in [-0.1, -0.05) is 17.7 Å². The summed E-state index contributed by atoms with van der Waals surface area (Å²) in [6.45, 7) is 0. The summed E-state index contributed by atoms with van der Waals surface area (Å²) in [6, 6.07) is 3.25. The van der Waals surface area contributed by atoms with Gasteiger partial charge in [0.25, 0.3) is 0 Å². The molecular weight excluding hydrogens is 199 g/mol. The van der Waals surface area contributed by atoms with E-state index in [9.17, 15) is 9.18 Å². The molecule has 70 valence electrons. The van der Waals surface area contributed by atoms with Crippen LogP contribution in [0.15, 0.2) is 18.2 Å². The molecule has 0 aliphatic heterocycles. The number of benzene rings is 1. The van der Waals surface area contributed by atoms with Crippen molar-refractivity contribution in [1.82, 2.24) is 0 Å². The van der Waals surface area contributed by atoms with Crippen LogP contribution < -0.4 is 0 Å². The Morgan fingerprint density at radius 1 is 1.54 bits per heavy atom. The SMILES string of the molecule is O=C(O)C(O)c1ccc(F)c(Cl)c1. The van der Waals surface area contributed by atoms with E-state index in [1.807, 2.05) is 0 Å². The zero-order chi connectivity index (χ0) is 10.0. The van der Waals surface area contributed by atoms with E-state index in [1.165, 1.54) is 6.07 Å². The summed E-state index contributed by atoms with van der Waals surface area (Å²) >= 11 is 5.38. The molecule has 2 N–H and O–H groups in total. The molecule has 13 heavy (non-hydrogen) atoms. The number of hydrogen-bond acceptors (Lipinski definition) is 2. The van der Waals surface area contributed by atoms with Crippen LogP contribution in [0.5, 0.6) is 0 Å². The average molecular weight is 205 g/mol. The molecule has 0 spiro atoms. The minimum absolute atomic E-state index is 0.0545. The van der Waals surface area contributed by atoms with Crippen LogP contribution in [0.4, 0.5) is 4.39 Å². The molecule has 0 saturated carbocycles. The second-order valence-corrected chi connectivity index (χ2v) is 2.82. The predicted molar refractivity (Wildman–Crippen MR) is 44.0 cm³/mol. The number of carbonyl (C=O) groups is 1. The van der Waals surface area contributed by atoms with Crippen LogP contribution in [0.25, 0.3) is 0 Å². The van der Waals surface area contributed by atoms with E-state index in [-0.39, 0.29) is 10.6 Å². The maximum absolute atomic E-state index is 12.6. The fourth-order valence-corrected chi connectivity index (χ4v) is 1.01. The monoisotopic (exact) mass is 204 g/mol. The number of aliphatic hydroxyl groups is 1. The summed E-state index contributed by atoms with van der Waals surface area (Å²) in [4.78, 5) is 10.3. The molecule has 0 saturated heterocycles. The van der Waals surface area contributed by atoms with Crippen molar-refractivity contribution in [1.29, 1.82) is 0 Å². The molecule has 0 heterocycles. The number of carboxylic acids is 1. The van der Waals surface area contributed by atoms with Crippen LogP contribution in [-0.2, 0) is 4.79 Å². The maximum Gasteiger partial charge on any atom is 0.337 e. The van der Waals surface area contributed by atoms with Gasteiger partial charge in [-0.2, -0.15) is 0 Å². The summed E-state index contributed by atoms with van der Waals surface area (Å²) < 4.78 is 12.6. The van der Waals surface area contributed by atoms with Gasteiger partial charge in [-0.3, -0.25) is 0 Å². The molecular formula is C8H6ClFO3. The summed E-state index contributed by atoms with van der Waals surface area (Å²) in [6.07, 6.45) is -1.67. The van der Waals surface area contributed by atoms with Crippen LogP contribution in [0.1, 0.15) is 11.7 Å². The molecule has 1 aromatic carbocycles. The van der Waals surface area contributed by atoms with Gasteiger partial charge in [0, 0.05) is 0 Å². The number of hydrogen-bond donors (Lipinski definition) is 2. The minimum Gasteiger partial charge on any atom is -0.479 e. The Balaban J connectivity index is 3.03. The predicted octanol–water partition coefficient (Wildman–Crippen LogP) is 1.60. The van der Waals surface area contributed by atoms with Gasteiger partial charge in [0.05, 0.1) is 5.02 Å². The molecule has 0 fully saturated rings. The Hall–Kier alpha value is -1.13. The first kappa shape index (κ1) is 9.95. The molecule has 0 bridgehead atoms. The molecule has 1 rings (SSSR count). The number of halogens is 2. The van der Waals surface area contributed by atoms with Crippen LogP contribution in [0.2, 0.25) is 5.02 Å². The quantitative estimate of drug-likeness (QED) is 0.769. The van der Waals surface area contributed by atoms with Crippen LogP contribution in [0.3, 0.4) is 0 Å². The third-order valence-electron chi connectivity index (χ3n) is 1.49. The molecule has 0 aliphatic rings. The van der Waals surface area contributed by atoms with Crippen molar-refractivity contribution in [2.45, 2.75) is 6.10 Å². The van der Waals surface area contributed by atoms with Gasteiger partial charge in [-0.05, 0) is 17.7 Å². The van der Waals surface area contributed by atoms with Crippen molar-refractivity contribution in [3.8, 4) is 0 Å². The second-order valence-electron chi connectivity index (χ2n) is 2.41. The van der Waals surface area contributed by atoms with Gasteiger partial charge in [0.1, 0.15) is 5.82 Å². The van der Waals surface area contributed by atoms with Crippen molar-refractivity contribution < 1.29 is 19.4 Å². The molecule has 0 aliphatic carbocycles. The maximum atomic E-state index is 12.6. The molecule has 3 nitrogen and oxygen atoms in total. The number of rotatable bonds is 2. The molecule has 1 atom stereocenters. The van der Waals surface area contributed by atoms with Crippen LogP contribution in [0, 0.1) is 5.82 Å². The second kappa shape index (κ2) is 3.72. The lowest BCUT2D eigenvalue weighted by Gasteiger charge is -2.05. The third kappa shape index (κ3) is 2.17. The number of carboxylic acid groups (broad SMARTS) is 1. The van der Waals surface area contributed by atoms with Gasteiger partial charge < -0.3 is 10.2 Å². The molecule has 1 unspecified atom stereocenters. The highest BCUT2D eigenvalue weighted by Gasteiger charge is 2.16. The van der Waals surface area contributed by atoms with E-state index < -0.39 is 17.9 Å². The molecule has 5 heteroatoms. The zero-order valence-corrected chi connectivity index (χ0v) is 7.12. The Bertz CT molecular complexity index is 340. The molecule has 1 aromatic rings. The van der Waals surface area contributed by atoms with Gasteiger partial charge in [-0.15, -0.1) is 0 Å². The highest BCUT2D eigenvalue weighted by atomic mass is 35.5. The van der Waals surface area contributed by atoms with Crippen molar-refractivity contribution in [2.75, 3.05) is 0 Å². The van der Waals surface area contributed by atoms with Gasteiger partial charge >= 0.3 is 5.97 Å². The zero-order valence-electron chi connectivity index (χ0n) is 6.37. The molecule has 0 aromatic heterocycles. The first-order chi connectivity index (χ1) is 6.02. The van der Waals surface area contributed by atoms with E-state index in [4.69, 9.17) is 21.8 Å². The van der Waals surface area contributed by atoms with Crippen molar-refractivity contribution in [3.05, 3.63) is 34.6 Å². The highest BCUT2D eigenvalue weighted by molar-refractivity contribution is 6.30. The standard InChI is InChI=1S/C8H6ClFO3/c9-5-3-4(1-2-6(5)10)7(11)8(12)13/h1-3,7,11H,(H,12,13). The smallest absolute Gasteiger partial charge is 0.337 e. The van der Waals surface area contributed by atoms with E-state index >= 15 is 0 Å². The van der Waals surface area contributed by atoms with Gasteiger partial charge in [0.15, 0.2) is 6.10 Å². The number of aliphatic carboxylic acids is 1. The Morgan fingerprint density at radius 2 is 2.15 bits per heavy atom. The van der Waals surface area contributed by atoms with Gasteiger partial charge in [0.2, 0.25) is 0 Å². The van der Waals surface area contributed by atoms with Gasteiger partial charge in [-0.25, -0.2) is 9.18 Å². The fraction of sp³-hybridized carbons (Fsp3) is 0.125. The Kier molecular flexibility index (Phi) is 2.85. The van der Waals surface area contributed by atoms with Crippen molar-refractivity contribution in [3.63, 3.8) is 0 Å². The minimum atomic E-state index is -1.67. The van der Waals surface area contributed by atoms with Crippen molar-refractivity contribution in [2.24, 2.45) is 0 Å². The normalized spacial score (nSPS) is 12.5. The first-order valence-electron chi connectivity index (χ1n) is 3.38. The summed E-state index contributed by atoms with van der Waals surface area (Å²) in [5, 5.41) is 17.2. The summed E-state index contributed by atoms with van der Waals surface area (Å²) in [5.74, 6) is -2.05. The average Bonchev–Trinajstić information content (AvgIpc) is 2.08. The third-order valence-corrected chi connectivity index (χ3v) is 1.78. The molecule has 0 radical (unpaired) electrons. The Morgan fingerprint density at radius 3 is 2.62 bits per heavy atom.